The summed E-state index contributed by atoms with van der Waals surface area (Å²) in [5.41, 5.74) is 3.56. The molecule has 0 bridgehead atoms. The molecule has 146 valence electrons. The van der Waals surface area contributed by atoms with Gasteiger partial charge in [-0.3, -0.25) is 0 Å². The van der Waals surface area contributed by atoms with E-state index in [0.717, 1.165) is 48.2 Å². The molecule has 2 aromatic carbocycles. The fourth-order valence-corrected chi connectivity index (χ4v) is 2.92. The van der Waals surface area contributed by atoms with Crippen molar-refractivity contribution in [1.82, 2.24) is 9.97 Å². The Balaban J connectivity index is 1.68. The molecule has 5 heteroatoms. The summed E-state index contributed by atoms with van der Waals surface area (Å²) in [4.78, 5) is 11.4. The van der Waals surface area contributed by atoms with Gasteiger partial charge in [0.05, 0.1) is 7.11 Å². The summed E-state index contributed by atoms with van der Waals surface area (Å²) in [5.74, 6) is 3.47. The van der Waals surface area contributed by atoms with Crippen LogP contribution in [0.15, 0.2) is 54.6 Å². The number of benzene rings is 2. The zero-order chi connectivity index (χ0) is 19.9. The van der Waals surface area contributed by atoms with E-state index in [-0.39, 0.29) is 0 Å². The number of anilines is 3. The van der Waals surface area contributed by atoms with E-state index in [1.807, 2.05) is 37.2 Å². The van der Waals surface area contributed by atoms with Crippen molar-refractivity contribution in [3.63, 3.8) is 0 Å². The lowest BCUT2D eigenvalue weighted by molar-refractivity contribution is 0.414. The first-order valence-electron chi connectivity index (χ1n) is 9.55. The van der Waals surface area contributed by atoms with E-state index in [2.05, 4.69) is 48.6 Å². The summed E-state index contributed by atoms with van der Waals surface area (Å²) in [7, 11) is 5.69. The fraction of sp³-hybridized carbons (Fsp3) is 0.304. The van der Waals surface area contributed by atoms with Crippen molar-refractivity contribution in [2.75, 3.05) is 31.4 Å². The predicted octanol–water partition coefficient (Wildman–Crippen LogP) is 4.78. The predicted molar refractivity (Wildman–Crippen MR) is 116 cm³/mol. The van der Waals surface area contributed by atoms with Gasteiger partial charge >= 0.3 is 0 Å². The van der Waals surface area contributed by atoms with Gasteiger partial charge in [0.15, 0.2) is 0 Å². The number of ether oxygens (including phenoxy) is 1. The standard InChI is InChI=1S/C23H28N4O/c1-17-8-12-19(13-9-17)24-22-16-23(27(2)3)26-21(25-22)7-5-6-18-10-14-20(28-4)15-11-18/h8-16H,5-7H2,1-4H3,(H,24,25,26). The summed E-state index contributed by atoms with van der Waals surface area (Å²) in [6.07, 6.45) is 2.81. The Hall–Kier alpha value is -3.08. The third kappa shape index (κ3) is 5.46. The first kappa shape index (κ1) is 19.7. The van der Waals surface area contributed by atoms with E-state index >= 15 is 0 Å². The van der Waals surface area contributed by atoms with E-state index in [0.29, 0.717) is 0 Å². The lowest BCUT2D eigenvalue weighted by Crippen LogP contribution is -2.13. The van der Waals surface area contributed by atoms with Crippen molar-refractivity contribution < 1.29 is 4.74 Å². The molecule has 0 aliphatic heterocycles. The normalized spacial score (nSPS) is 10.6. The highest BCUT2D eigenvalue weighted by atomic mass is 16.5. The van der Waals surface area contributed by atoms with Gasteiger partial charge < -0.3 is 15.0 Å². The van der Waals surface area contributed by atoms with Crippen LogP contribution in [0.25, 0.3) is 0 Å². The maximum absolute atomic E-state index is 5.22. The van der Waals surface area contributed by atoms with Crippen LogP contribution in [0.4, 0.5) is 17.3 Å². The zero-order valence-electron chi connectivity index (χ0n) is 17.1. The summed E-state index contributed by atoms with van der Waals surface area (Å²) >= 11 is 0. The van der Waals surface area contributed by atoms with E-state index in [1.54, 1.807) is 7.11 Å². The van der Waals surface area contributed by atoms with Crippen LogP contribution >= 0.6 is 0 Å². The second-order valence-corrected chi connectivity index (χ2v) is 7.11. The van der Waals surface area contributed by atoms with Gasteiger partial charge in [0.25, 0.3) is 0 Å². The Morgan fingerprint density at radius 1 is 0.929 bits per heavy atom. The van der Waals surface area contributed by atoms with Crippen molar-refractivity contribution in [2.24, 2.45) is 0 Å². The third-order valence-corrected chi connectivity index (χ3v) is 4.57. The number of methoxy groups -OCH3 is 1. The molecule has 3 aromatic rings. The molecule has 0 saturated carbocycles. The van der Waals surface area contributed by atoms with E-state index < -0.39 is 0 Å². The highest BCUT2D eigenvalue weighted by Gasteiger charge is 2.07. The average Bonchev–Trinajstić information content (AvgIpc) is 2.70. The molecule has 0 radical (unpaired) electrons. The number of hydrogen-bond donors (Lipinski definition) is 1. The Bertz CT molecular complexity index is 889. The molecule has 3 rings (SSSR count). The second-order valence-electron chi connectivity index (χ2n) is 7.11. The van der Waals surface area contributed by atoms with Gasteiger partial charge in [0.2, 0.25) is 0 Å². The van der Waals surface area contributed by atoms with Crippen molar-refractivity contribution in [3.05, 3.63) is 71.5 Å². The Labute approximate surface area is 167 Å². The second kappa shape index (κ2) is 9.22. The van der Waals surface area contributed by atoms with Crippen LogP contribution in [0.5, 0.6) is 5.75 Å². The zero-order valence-corrected chi connectivity index (χ0v) is 17.1. The van der Waals surface area contributed by atoms with Gasteiger partial charge in [0, 0.05) is 32.3 Å². The number of nitrogens with one attached hydrogen (secondary N) is 1. The van der Waals surface area contributed by atoms with Crippen molar-refractivity contribution in [1.29, 1.82) is 0 Å². The lowest BCUT2D eigenvalue weighted by atomic mass is 10.1. The minimum Gasteiger partial charge on any atom is -0.497 e. The highest BCUT2D eigenvalue weighted by molar-refractivity contribution is 5.59. The molecule has 28 heavy (non-hydrogen) atoms. The number of hydrogen-bond acceptors (Lipinski definition) is 5. The molecule has 0 amide bonds. The number of aromatic nitrogens is 2. The summed E-state index contributed by atoms with van der Waals surface area (Å²) in [6.45, 7) is 2.08. The van der Waals surface area contributed by atoms with Crippen LogP contribution in [0.3, 0.4) is 0 Å². The molecule has 1 heterocycles. The SMILES string of the molecule is COc1ccc(CCCc2nc(Nc3ccc(C)cc3)cc(N(C)C)n2)cc1. The van der Waals surface area contributed by atoms with Gasteiger partial charge in [-0.25, -0.2) is 9.97 Å². The van der Waals surface area contributed by atoms with Gasteiger partial charge in [-0.05, 0) is 49.6 Å². The van der Waals surface area contributed by atoms with Crippen LogP contribution < -0.4 is 15.0 Å². The summed E-state index contributed by atoms with van der Waals surface area (Å²) in [6, 6.07) is 18.5. The largest absolute Gasteiger partial charge is 0.497 e. The van der Waals surface area contributed by atoms with Crippen LogP contribution in [0.2, 0.25) is 0 Å². The first-order chi connectivity index (χ1) is 13.5. The van der Waals surface area contributed by atoms with Crippen molar-refractivity contribution in [3.8, 4) is 5.75 Å². The molecule has 0 spiro atoms. The minimum atomic E-state index is 0.821. The van der Waals surface area contributed by atoms with Gasteiger partial charge in [-0.15, -0.1) is 0 Å². The van der Waals surface area contributed by atoms with Crippen LogP contribution in [0.1, 0.15) is 23.4 Å². The molecule has 0 fully saturated rings. The van der Waals surface area contributed by atoms with Crippen LogP contribution in [-0.2, 0) is 12.8 Å². The maximum Gasteiger partial charge on any atom is 0.136 e. The Morgan fingerprint density at radius 3 is 2.29 bits per heavy atom. The van der Waals surface area contributed by atoms with Gasteiger partial charge in [0.1, 0.15) is 23.2 Å². The number of nitrogens with zero attached hydrogens (tertiary/aromatic N) is 3. The van der Waals surface area contributed by atoms with Crippen LogP contribution in [-0.4, -0.2) is 31.2 Å². The van der Waals surface area contributed by atoms with E-state index in [4.69, 9.17) is 14.7 Å². The summed E-state index contributed by atoms with van der Waals surface area (Å²) < 4.78 is 5.22. The Kier molecular flexibility index (Phi) is 6.48. The molecule has 1 aromatic heterocycles. The van der Waals surface area contributed by atoms with Crippen molar-refractivity contribution >= 4 is 17.3 Å². The average molecular weight is 377 g/mol. The maximum atomic E-state index is 5.22. The molecule has 0 atom stereocenters. The van der Waals surface area contributed by atoms with E-state index in [9.17, 15) is 0 Å². The molecular formula is C23H28N4O. The number of aryl methyl sites for hydroxylation is 3. The fourth-order valence-electron chi connectivity index (χ4n) is 2.92. The Morgan fingerprint density at radius 2 is 1.64 bits per heavy atom. The quantitative estimate of drug-likeness (QED) is 0.613. The first-order valence-corrected chi connectivity index (χ1v) is 9.55. The number of rotatable bonds is 8. The minimum absolute atomic E-state index is 0.821. The van der Waals surface area contributed by atoms with E-state index in [1.165, 1.54) is 11.1 Å². The molecule has 0 unspecified atom stereocenters. The molecule has 0 saturated heterocycles. The topological polar surface area (TPSA) is 50.3 Å². The van der Waals surface area contributed by atoms with Crippen molar-refractivity contribution in [2.45, 2.75) is 26.2 Å². The smallest absolute Gasteiger partial charge is 0.136 e. The third-order valence-electron chi connectivity index (χ3n) is 4.57. The van der Waals surface area contributed by atoms with Gasteiger partial charge in [-0.1, -0.05) is 29.8 Å². The van der Waals surface area contributed by atoms with Crippen LogP contribution in [0, 0.1) is 6.92 Å². The highest BCUT2D eigenvalue weighted by Crippen LogP contribution is 2.20. The molecular weight excluding hydrogens is 348 g/mol. The van der Waals surface area contributed by atoms with Gasteiger partial charge in [-0.2, -0.15) is 0 Å². The monoisotopic (exact) mass is 376 g/mol. The molecule has 0 aliphatic carbocycles. The molecule has 0 aliphatic rings. The summed E-state index contributed by atoms with van der Waals surface area (Å²) in [5, 5.41) is 3.40. The molecule has 1 N–H and O–H groups in total. The molecule has 5 nitrogen and oxygen atoms in total. The lowest BCUT2D eigenvalue weighted by Gasteiger charge is -2.15.